The molecule has 0 aliphatic heterocycles. The first-order chi connectivity index (χ1) is 8.11. The summed E-state index contributed by atoms with van der Waals surface area (Å²) in [5.74, 6) is 0.450. The van der Waals surface area contributed by atoms with Gasteiger partial charge in [-0.05, 0) is 35.1 Å². The number of nitrogens with one attached hydrogen (secondary N) is 1. The monoisotopic (exact) mass is 226 g/mol. The van der Waals surface area contributed by atoms with Crippen molar-refractivity contribution < 1.29 is 0 Å². The van der Waals surface area contributed by atoms with Crippen LogP contribution in [0.3, 0.4) is 0 Å². The van der Waals surface area contributed by atoms with E-state index in [1.807, 2.05) is 24.3 Å². The van der Waals surface area contributed by atoms with Crippen LogP contribution < -0.4 is 5.56 Å². The summed E-state index contributed by atoms with van der Waals surface area (Å²) in [7, 11) is 0. The zero-order chi connectivity index (χ0) is 12.4. The molecule has 0 atom stereocenters. The summed E-state index contributed by atoms with van der Waals surface area (Å²) in [4.78, 5) is 14.4. The van der Waals surface area contributed by atoms with Crippen LogP contribution in [0.4, 0.5) is 0 Å². The molecule has 17 heavy (non-hydrogen) atoms. The smallest absolute Gasteiger partial charge is 0.252 e. The summed E-state index contributed by atoms with van der Waals surface area (Å²) in [6, 6.07) is 9.82. The van der Waals surface area contributed by atoms with Gasteiger partial charge in [-0.1, -0.05) is 19.9 Å². The first-order valence-corrected chi connectivity index (χ1v) is 5.64. The molecule has 1 heterocycles. The van der Waals surface area contributed by atoms with Crippen LogP contribution >= 0.6 is 0 Å². The minimum Gasteiger partial charge on any atom is -0.322 e. The number of aromatic nitrogens is 1. The van der Waals surface area contributed by atoms with Crippen LogP contribution in [0.1, 0.15) is 30.9 Å². The summed E-state index contributed by atoms with van der Waals surface area (Å²) in [5, 5.41) is 9.64. The van der Waals surface area contributed by atoms with Gasteiger partial charge in [0.2, 0.25) is 0 Å². The highest BCUT2D eigenvalue weighted by atomic mass is 16.1. The van der Waals surface area contributed by atoms with E-state index < -0.39 is 0 Å². The number of pyridine rings is 1. The molecule has 0 unspecified atom stereocenters. The SMILES string of the molecule is CC(C)c1ccc2[nH]c(=O)c(CC#N)cc2c1. The summed E-state index contributed by atoms with van der Waals surface area (Å²) in [6.07, 6.45) is 0.150. The molecule has 0 aliphatic carbocycles. The topological polar surface area (TPSA) is 56.6 Å². The predicted molar refractivity (Wildman–Crippen MR) is 68.0 cm³/mol. The Hall–Kier alpha value is -2.08. The first-order valence-electron chi connectivity index (χ1n) is 5.64. The molecular formula is C14H14N2O. The Morgan fingerprint density at radius 3 is 2.76 bits per heavy atom. The van der Waals surface area contributed by atoms with E-state index in [0.717, 1.165) is 10.9 Å². The zero-order valence-corrected chi connectivity index (χ0v) is 9.95. The fourth-order valence-electron chi connectivity index (χ4n) is 1.85. The predicted octanol–water partition coefficient (Wildman–Crippen LogP) is 2.72. The van der Waals surface area contributed by atoms with Gasteiger partial charge in [0.15, 0.2) is 0 Å². The number of rotatable bonds is 2. The van der Waals surface area contributed by atoms with Crippen molar-refractivity contribution in [1.82, 2.24) is 4.98 Å². The van der Waals surface area contributed by atoms with E-state index in [2.05, 4.69) is 24.9 Å². The summed E-state index contributed by atoms with van der Waals surface area (Å²) < 4.78 is 0. The molecule has 1 aromatic carbocycles. The molecule has 0 spiro atoms. The molecule has 1 aromatic heterocycles. The van der Waals surface area contributed by atoms with Crippen LogP contribution in [0, 0.1) is 11.3 Å². The van der Waals surface area contributed by atoms with Crippen molar-refractivity contribution in [3.8, 4) is 6.07 Å². The Morgan fingerprint density at radius 1 is 1.35 bits per heavy atom. The Kier molecular flexibility index (Phi) is 2.97. The minimum absolute atomic E-state index is 0.150. The average molecular weight is 226 g/mol. The highest BCUT2D eigenvalue weighted by Crippen LogP contribution is 2.19. The van der Waals surface area contributed by atoms with Gasteiger partial charge in [0, 0.05) is 11.1 Å². The maximum atomic E-state index is 11.6. The lowest BCUT2D eigenvalue weighted by Crippen LogP contribution is -2.11. The van der Waals surface area contributed by atoms with Gasteiger partial charge in [-0.3, -0.25) is 4.79 Å². The maximum absolute atomic E-state index is 11.6. The van der Waals surface area contributed by atoms with Crippen LogP contribution in [-0.2, 0) is 6.42 Å². The van der Waals surface area contributed by atoms with Crippen LogP contribution in [-0.4, -0.2) is 4.98 Å². The van der Waals surface area contributed by atoms with E-state index in [0.29, 0.717) is 11.5 Å². The van der Waals surface area contributed by atoms with Gasteiger partial charge in [-0.2, -0.15) is 5.26 Å². The van der Waals surface area contributed by atoms with E-state index in [-0.39, 0.29) is 12.0 Å². The molecule has 1 N–H and O–H groups in total. The van der Waals surface area contributed by atoms with Crippen molar-refractivity contribution >= 4 is 10.9 Å². The lowest BCUT2D eigenvalue weighted by atomic mass is 10.0. The van der Waals surface area contributed by atoms with Crippen LogP contribution in [0.5, 0.6) is 0 Å². The van der Waals surface area contributed by atoms with E-state index in [4.69, 9.17) is 5.26 Å². The average Bonchev–Trinajstić information content (AvgIpc) is 2.29. The molecule has 86 valence electrons. The lowest BCUT2D eigenvalue weighted by Gasteiger charge is -2.07. The minimum atomic E-state index is -0.170. The van der Waals surface area contributed by atoms with Crippen molar-refractivity contribution in [3.05, 3.63) is 45.7 Å². The number of fused-ring (bicyclic) bond motifs is 1. The largest absolute Gasteiger partial charge is 0.322 e. The number of nitrogens with zero attached hydrogens (tertiary/aromatic N) is 1. The molecule has 0 saturated carbocycles. The molecule has 3 nitrogen and oxygen atoms in total. The highest BCUT2D eigenvalue weighted by Gasteiger charge is 2.05. The number of aromatic amines is 1. The first kappa shape index (κ1) is 11.4. The van der Waals surface area contributed by atoms with Gasteiger partial charge in [-0.15, -0.1) is 0 Å². The third kappa shape index (κ3) is 2.21. The summed E-state index contributed by atoms with van der Waals surface area (Å²) in [5.41, 5.74) is 2.41. The third-order valence-electron chi connectivity index (χ3n) is 2.88. The second-order valence-electron chi connectivity index (χ2n) is 4.46. The molecule has 0 radical (unpaired) electrons. The van der Waals surface area contributed by atoms with Gasteiger partial charge in [-0.25, -0.2) is 0 Å². The molecule has 0 amide bonds. The zero-order valence-electron chi connectivity index (χ0n) is 9.95. The molecule has 0 fully saturated rings. The molecular weight excluding hydrogens is 212 g/mol. The highest BCUT2D eigenvalue weighted by molar-refractivity contribution is 5.79. The molecule has 0 bridgehead atoms. The Bertz CT molecular complexity index is 647. The number of hydrogen-bond donors (Lipinski definition) is 1. The molecule has 3 heteroatoms. The van der Waals surface area contributed by atoms with Crippen LogP contribution in [0.15, 0.2) is 29.1 Å². The molecule has 0 saturated heterocycles. The summed E-state index contributed by atoms with van der Waals surface area (Å²) in [6.45, 7) is 4.26. The van der Waals surface area contributed by atoms with Crippen molar-refractivity contribution in [3.63, 3.8) is 0 Å². The van der Waals surface area contributed by atoms with E-state index in [1.165, 1.54) is 5.56 Å². The number of hydrogen-bond acceptors (Lipinski definition) is 2. The maximum Gasteiger partial charge on any atom is 0.252 e. The lowest BCUT2D eigenvalue weighted by molar-refractivity contribution is 0.868. The fraction of sp³-hybridized carbons (Fsp3) is 0.286. The summed E-state index contributed by atoms with van der Waals surface area (Å²) >= 11 is 0. The van der Waals surface area contributed by atoms with Gasteiger partial charge in [0.25, 0.3) is 5.56 Å². The van der Waals surface area contributed by atoms with Crippen molar-refractivity contribution in [2.24, 2.45) is 0 Å². The van der Waals surface area contributed by atoms with Crippen LogP contribution in [0.2, 0.25) is 0 Å². The normalized spacial score (nSPS) is 10.7. The number of benzene rings is 1. The number of H-pyrrole nitrogens is 1. The van der Waals surface area contributed by atoms with Crippen molar-refractivity contribution in [2.45, 2.75) is 26.2 Å². The molecule has 2 aromatic rings. The fourth-order valence-corrected chi connectivity index (χ4v) is 1.85. The van der Waals surface area contributed by atoms with Crippen molar-refractivity contribution in [1.29, 1.82) is 5.26 Å². The third-order valence-corrected chi connectivity index (χ3v) is 2.88. The van der Waals surface area contributed by atoms with Gasteiger partial charge in [0.1, 0.15) is 0 Å². The van der Waals surface area contributed by atoms with Crippen LogP contribution in [0.25, 0.3) is 10.9 Å². The quantitative estimate of drug-likeness (QED) is 0.855. The van der Waals surface area contributed by atoms with Gasteiger partial charge >= 0.3 is 0 Å². The van der Waals surface area contributed by atoms with E-state index >= 15 is 0 Å². The second kappa shape index (κ2) is 4.42. The van der Waals surface area contributed by atoms with Gasteiger partial charge < -0.3 is 4.98 Å². The van der Waals surface area contributed by atoms with Gasteiger partial charge in [0.05, 0.1) is 12.5 Å². The van der Waals surface area contributed by atoms with Crippen molar-refractivity contribution in [2.75, 3.05) is 0 Å². The Labute approximate surface area is 99.7 Å². The molecule has 2 rings (SSSR count). The molecule has 0 aliphatic rings. The number of nitriles is 1. The Balaban J connectivity index is 2.65. The second-order valence-corrected chi connectivity index (χ2v) is 4.46. The van der Waals surface area contributed by atoms with E-state index in [1.54, 1.807) is 0 Å². The standard InChI is InChI=1S/C14H14N2O/c1-9(2)10-3-4-13-12(7-10)8-11(5-6-15)14(17)16-13/h3-4,7-9H,5H2,1-2H3,(H,16,17). The van der Waals surface area contributed by atoms with E-state index in [9.17, 15) is 4.79 Å². The Morgan fingerprint density at radius 2 is 2.12 bits per heavy atom.